The molecule has 0 aliphatic heterocycles. The minimum Gasteiger partial charge on any atom is -0.493 e. The molecule has 0 N–H and O–H groups in total. The number of ketones is 1. The van der Waals surface area contributed by atoms with Gasteiger partial charge in [0.15, 0.2) is 5.78 Å². The molecule has 1 aromatic rings. The van der Waals surface area contributed by atoms with Crippen LogP contribution < -0.4 is 4.74 Å². The lowest BCUT2D eigenvalue weighted by molar-refractivity contribution is 0.0586. The summed E-state index contributed by atoms with van der Waals surface area (Å²) in [4.78, 5) is 22.9. The molecule has 92 valence electrons. The summed E-state index contributed by atoms with van der Waals surface area (Å²) in [7, 11) is 0. The van der Waals surface area contributed by atoms with Crippen LogP contribution in [0.25, 0.3) is 0 Å². The zero-order chi connectivity index (χ0) is 12.8. The number of Topliss-reactive ketones (excluding diaryl/α,β-unsaturated/α-hetero) is 1. The Morgan fingerprint density at radius 1 is 1.35 bits per heavy atom. The number of hydrogen-bond acceptors (Lipinski definition) is 4. The summed E-state index contributed by atoms with van der Waals surface area (Å²) in [6.45, 7) is 3.72. The number of alkyl halides is 1. The summed E-state index contributed by atoms with van der Waals surface area (Å²) in [5, 5.41) is 0. The molecule has 0 atom stereocenters. The lowest BCUT2D eigenvalue weighted by atomic mass is 10.1. The van der Waals surface area contributed by atoms with Gasteiger partial charge in [-0.05, 0) is 54.6 Å². The maximum Gasteiger partial charge on any atom is 0.342 e. The maximum atomic E-state index is 11.7. The Hall–Kier alpha value is -1.11. The van der Waals surface area contributed by atoms with E-state index in [0.29, 0.717) is 17.9 Å². The average molecular weight is 348 g/mol. The third-order valence-electron chi connectivity index (χ3n) is 2.09. The number of carbonyl (C=O) groups is 2. The Kier molecular flexibility index (Phi) is 5.40. The summed E-state index contributed by atoms with van der Waals surface area (Å²) in [5.41, 5.74) is 0.755. The number of carbonyl (C=O) groups excluding carboxylic acids is 2. The zero-order valence-electron chi connectivity index (χ0n) is 9.66. The van der Waals surface area contributed by atoms with Gasteiger partial charge in [-0.15, -0.1) is 0 Å². The van der Waals surface area contributed by atoms with Crippen molar-refractivity contribution in [1.29, 1.82) is 0 Å². The molecule has 0 saturated heterocycles. The second-order valence-corrected chi connectivity index (χ2v) is 3.86. The molecular formula is C12H13IO4. The van der Waals surface area contributed by atoms with Gasteiger partial charge in [0.05, 0.1) is 6.61 Å². The van der Waals surface area contributed by atoms with E-state index in [4.69, 9.17) is 9.47 Å². The van der Waals surface area contributed by atoms with Gasteiger partial charge in [-0.3, -0.25) is 4.79 Å². The monoisotopic (exact) mass is 348 g/mol. The van der Waals surface area contributed by atoms with E-state index in [0.717, 1.165) is 0 Å². The standard InChI is InChI=1S/C12H13IO4/c1-3-16-11-5-4-9(8(2)14)6-10(11)12(15)17-7-13/h4-6H,3,7H2,1-2H3. The van der Waals surface area contributed by atoms with Gasteiger partial charge in [0, 0.05) is 5.56 Å². The van der Waals surface area contributed by atoms with E-state index in [9.17, 15) is 9.59 Å². The lowest BCUT2D eigenvalue weighted by Crippen LogP contribution is -2.08. The van der Waals surface area contributed by atoms with Gasteiger partial charge in [0.25, 0.3) is 0 Å². The molecule has 1 rings (SSSR count). The van der Waals surface area contributed by atoms with E-state index in [2.05, 4.69) is 0 Å². The Labute approximate surface area is 113 Å². The van der Waals surface area contributed by atoms with Crippen LogP contribution in [-0.4, -0.2) is 23.0 Å². The number of benzene rings is 1. The molecule has 0 saturated carbocycles. The molecule has 0 radical (unpaired) electrons. The highest BCUT2D eigenvalue weighted by atomic mass is 127. The van der Waals surface area contributed by atoms with Crippen molar-refractivity contribution >= 4 is 34.3 Å². The molecule has 5 heteroatoms. The van der Waals surface area contributed by atoms with Crippen LogP contribution in [0.1, 0.15) is 34.6 Å². The third-order valence-corrected chi connectivity index (χ3v) is 2.40. The first kappa shape index (κ1) is 14.0. The van der Waals surface area contributed by atoms with Crippen LogP contribution >= 0.6 is 22.6 Å². The Morgan fingerprint density at radius 2 is 2.06 bits per heavy atom. The fraction of sp³-hybridized carbons (Fsp3) is 0.333. The van der Waals surface area contributed by atoms with Gasteiger partial charge < -0.3 is 9.47 Å². The minimum absolute atomic E-state index is 0.100. The van der Waals surface area contributed by atoms with Gasteiger partial charge in [-0.2, -0.15) is 0 Å². The van der Waals surface area contributed by atoms with E-state index in [-0.39, 0.29) is 16.0 Å². The molecule has 0 bridgehead atoms. The highest BCUT2D eigenvalue weighted by Crippen LogP contribution is 2.22. The van der Waals surface area contributed by atoms with Gasteiger partial charge >= 0.3 is 5.97 Å². The second kappa shape index (κ2) is 6.58. The van der Waals surface area contributed by atoms with Gasteiger partial charge in [-0.1, -0.05) is 0 Å². The van der Waals surface area contributed by atoms with Crippen LogP contribution in [0.5, 0.6) is 5.75 Å². The third kappa shape index (κ3) is 3.69. The average Bonchev–Trinajstić information content (AvgIpc) is 2.30. The molecule has 0 aliphatic carbocycles. The van der Waals surface area contributed by atoms with Crippen LogP contribution in [0.3, 0.4) is 0 Å². The second-order valence-electron chi connectivity index (χ2n) is 3.24. The van der Waals surface area contributed by atoms with Crippen molar-refractivity contribution in [3.8, 4) is 5.75 Å². The molecular weight excluding hydrogens is 335 g/mol. The maximum absolute atomic E-state index is 11.7. The van der Waals surface area contributed by atoms with Crippen LogP contribution in [0, 0.1) is 0 Å². The number of rotatable bonds is 5. The normalized spacial score (nSPS) is 9.82. The van der Waals surface area contributed by atoms with E-state index in [1.54, 1.807) is 12.1 Å². The fourth-order valence-corrected chi connectivity index (χ4v) is 1.60. The quantitative estimate of drug-likeness (QED) is 0.355. The summed E-state index contributed by atoms with van der Waals surface area (Å²) >= 11 is 1.93. The summed E-state index contributed by atoms with van der Waals surface area (Å²) < 4.78 is 10.5. The first-order chi connectivity index (χ1) is 8.10. The van der Waals surface area contributed by atoms with Crippen LogP contribution in [0.2, 0.25) is 0 Å². The van der Waals surface area contributed by atoms with Crippen molar-refractivity contribution in [2.45, 2.75) is 13.8 Å². The molecule has 1 aromatic carbocycles. The summed E-state index contributed by atoms with van der Waals surface area (Å²) in [5.74, 6) is -0.144. The molecule has 0 aliphatic rings. The van der Waals surface area contributed by atoms with Gasteiger partial charge in [0.2, 0.25) is 0 Å². The Morgan fingerprint density at radius 3 is 2.59 bits per heavy atom. The van der Waals surface area contributed by atoms with Crippen LogP contribution in [-0.2, 0) is 4.74 Å². The van der Waals surface area contributed by atoms with Gasteiger partial charge in [-0.25, -0.2) is 4.79 Å². The van der Waals surface area contributed by atoms with E-state index in [1.807, 2.05) is 29.5 Å². The largest absolute Gasteiger partial charge is 0.493 e. The van der Waals surface area contributed by atoms with Crippen LogP contribution in [0.4, 0.5) is 0 Å². The van der Waals surface area contributed by atoms with E-state index >= 15 is 0 Å². The van der Waals surface area contributed by atoms with Crippen molar-refractivity contribution in [1.82, 2.24) is 0 Å². The molecule has 0 aromatic heterocycles. The fourth-order valence-electron chi connectivity index (χ4n) is 1.32. The predicted molar refractivity (Wildman–Crippen MR) is 71.9 cm³/mol. The molecule has 4 nitrogen and oxygen atoms in total. The molecule has 17 heavy (non-hydrogen) atoms. The van der Waals surface area contributed by atoms with Crippen LogP contribution in [0.15, 0.2) is 18.2 Å². The number of ether oxygens (including phenoxy) is 2. The molecule has 0 amide bonds. The molecule has 0 heterocycles. The van der Waals surface area contributed by atoms with E-state index < -0.39 is 5.97 Å². The predicted octanol–water partition coefficient (Wildman–Crippen LogP) is 2.84. The Bertz CT molecular complexity index is 429. The summed E-state index contributed by atoms with van der Waals surface area (Å²) in [6, 6.07) is 4.75. The smallest absolute Gasteiger partial charge is 0.342 e. The first-order valence-corrected chi connectivity index (χ1v) is 6.63. The van der Waals surface area contributed by atoms with E-state index in [1.165, 1.54) is 13.0 Å². The van der Waals surface area contributed by atoms with Crippen molar-refractivity contribution in [3.63, 3.8) is 0 Å². The highest BCUT2D eigenvalue weighted by molar-refractivity contribution is 14.1. The minimum atomic E-state index is -0.481. The summed E-state index contributed by atoms with van der Waals surface area (Å²) in [6.07, 6.45) is 0. The van der Waals surface area contributed by atoms with Crippen molar-refractivity contribution in [3.05, 3.63) is 29.3 Å². The van der Waals surface area contributed by atoms with Crippen molar-refractivity contribution in [2.24, 2.45) is 0 Å². The molecule has 0 spiro atoms. The lowest BCUT2D eigenvalue weighted by Gasteiger charge is -2.10. The first-order valence-electron chi connectivity index (χ1n) is 5.11. The Balaban J connectivity index is 3.15. The van der Waals surface area contributed by atoms with Crippen molar-refractivity contribution in [2.75, 3.05) is 11.2 Å². The SMILES string of the molecule is CCOc1ccc(C(C)=O)cc1C(=O)OCI. The topological polar surface area (TPSA) is 52.6 Å². The number of hydrogen-bond donors (Lipinski definition) is 0. The number of esters is 1. The van der Waals surface area contributed by atoms with Crippen molar-refractivity contribution < 1.29 is 19.1 Å². The molecule has 0 unspecified atom stereocenters. The molecule has 0 fully saturated rings. The number of halogens is 1. The highest BCUT2D eigenvalue weighted by Gasteiger charge is 2.15. The zero-order valence-corrected chi connectivity index (χ0v) is 11.8. The van der Waals surface area contributed by atoms with Gasteiger partial charge in [0.1, 0.15) is 15.9 Å².